The molecule has 0 saturated carbocycles. The van der Waals surface area contributed by atoms with Gasteiger partial charge in [-0.05, 0) is 112 Å². The van der Waals surface area contributed by atoms with E-state index in [1.807, 2.05) is 52.8 Å². The molecule has 13 nitrogen and oxygen atoms in total. The van der Waals surface area contributed by atoms with Gasteiger partial charge in [0.1, 0.15) is 35.3 Å². The van der Waals surface area contributed by atoms with E-state index in [-0.39, 0.29) is 47.1 Å². The van der Waals surface area contributed by atoms with Crippen LogP contribution in [0.15, 0.2) is 83.8 Å². The lowest BCUT2D eigenvalue weighted by molar-refractivity contribution is 0.00365. The molecule has 2 aromatic heterocycles. The molecule has 0 spiro atoms. The van der Waals surface area contributed by atoms with Crippen LogP contribution in [0.5, 0.6) is 11.8 Å². The number of halogens is 2. The van der Waals surface area contributed by atoms with Crippen molar-refractivity contribution in [2.45, 2.75) is 129 Å². The summed E-state index contributed by atoms with van der Waals surface area (Å²) >= 11 is 0. The minimum absolute atomic E-state index is 0.00421. The largest absolute Gasteiger partial charge is 0.468 e. The van der Waals surface area contributed by atoms with E-state index in [9.17, 15) is 14.0 Å². The Labute approximate surface area is 418 Å². The predicted molar refractivity (Wildman–Crippen MR) is 276 cm³/mol. The van der Waals surface area contributed by atoms with E-state index in [2.05, 4.69) is 89.2 Å². The van der Waals surface area contributed by atoms with E-state index in [1.165, 1.54) is 23.7 Å². The van der Waals surface area contributed by atoms with Gasteiger partial charge in [-0.2, -0.15) is 4.98 Å². The number of aromatic amines is 1. The maximum absolute atomic E-state index is 16.8. The second-order valence-electron chi connectivity index (χ2n) is 21.2. The summed E-state index contributed by atoms with van der Waals surface area (Å²) in [6.07, 6.45) is 4.96. The number of fused-ring (bicyclic) bond motifs is 2. The van der Waals surface area contributed by atoms with E-state index >= 15 is 4.39 Å². The molecule has 5 aromatic rings. The van der Waals surface area contributed by atoms with E-state index in [0.717, 1.165) is 49.8 Å². The topological polar surface area (TPSA) is 138 Å². The van der Waals surface area contributed by atoms with Crippen LogP contribution >= 0.6 is 0 Å². The molecule has 16 heteroatoms. The van der Waals surface area contributed by atoms with Crippen molar-refractivity contribution >= 4 is 35.7 Å². The Morgan fingerprint density at radius 2 is 1.69 bits per heavy atom. The zero-order chi connectivity index (χ0) is 51.0. The first-order chi connectivity index (χ1) is 33.9. The molecule has 1 amide bonds. The van der Waals surface area contributed by atoms with Crippen molar-refractivity contribution in [1.29, 1.82) is 0 Å². The Kier molecular flexibility index (Phi) is 17.4. The lowest BCUT2D eigenvalue weighted by Crippen LogP contribution is -2.67. The molecule has 3 aromatic carbocycles. The fourth-order valence-electron chi connectivity index (χ4n) is 10.3. The molecule has 0 bridgehead atoms. The number of aromatic nitrogens is 3. The Balaban J connectivity index is 0.999. The van der Waals surface area contributed by atoms with Crippen LogP contribution in [0.25, 0.3) is 22.2 Å². The molecule has 71 heavy (non-hydrogen) atoms. The van der Waals surface area contributed by atoms with Crippen molar-refractivity contribution in [3.05, 3.63) is 106 Å². The number of hydrogen-bond donors (Lipinski definition) is 1. The number of carbonyl (C=O) groups is 1. The van der Waals surface area contributed by atoms with Crippen LogP contribution in [0.2, 0.25) is 5.04 Å². The first-order valence-corrected chi connectivity index (χ1v) is 26.9. The van der Waals surface area contributed by atoms with Crippen molar-refractivity contribution in [3.8, 4) is 23.0 Å². The first kappa shape index (κ1) is 53.5. The quantitative estimate of drug-likeness (QED) is 0.0404. The van der Waals surface area contributed by atoms with Crippen LogP contribution in [0.3, 0.4) is 0 Å². The number of amides is 1. The number of benzene rings is 3. The predicted octanol–water partition coefficient (Wildman–Crippen LogP) is 9.30. The standard InChI is InChI=1S/C55H73F2N5O8Si/c1-38-30-41(68-37-65-9)31-45(48-47(57)49-46(33-58-48)50(63)60-51(59-49)67-36-55-25-19-26-61(55)34-40(56)32-55)44(38)24-17-12-18-28-66-29-27-62(52(64)70-53(3,4)5)39(2)35-69-71(54(6,7)8,42-20-13-10-14-21-42)43-22-15-11-16-23-43/h10-11,13-16,20-23,30-31,33,39-40H,12,17-19,24-29,32,34-37H2,1-9H3,(H,59,60,63)/t39-,40+,55-/m0/s1. The van der Waals surface area contributed by atoms with Gasteiger partial charge in [-0.3, -0.25) is 19.7 Å². The third kappa shape index (κ3) is 12.5. The highest BCUT2D eigenvalue weighted by Gasteiger charge is 2.51. The molecule has 4 heterocycles. The van der Waals surface area contributed by atoms with Gasteiger partial charge in [-0.25, -0.2) is 13.6 Å². The van der Waals surface area contributed by atoms with Gasteiger partial charge in [0.25, 0.3) is 19.9 Å². The molecule has 2 aliphatic heterocycles. The third-order valence-corrected chi connectivity index (χ3v) is 18.8. The number of pyridine rings is 1. The highest BCUT2D eigenvalue weighted by Crippen LogP contribution is 2.41. The number of nitrogens with zero attached hydrogens (tertiary/aromatic N) is 4. The molecule has 2 fully saturated rings. The second kappa shape index (κ2) is 23.1. The smallest absolute Gasteiger partial charge is 0.410 e. The van der Waals surface area contributed by atoms with Gasteiger partial charge >= 0.3 is 6.09 Å². The van der Waals surface area contributed by atoms with Gasteiger partial charge in [0.05, 0.1) is 30.2 Å². The van der Waals surface area contributed by atoms with Crippen molar-refractivity contribution in [2.75, 3.05) is 60.0 Å². The molecular formula is C55H73F2N5O8Si. The van der Waals surface area contributed by atoms with Gasteiger partial charge in [-0.1, -0.05) is 87.9 Å². The fraction of sp³-hybridized carbons (Fsp3) is 0.527. The maximum Gasteiger partial charge on any atom is 0.410 e. The maximum atomic E-state index is 16.8. The number of nitrogens with one attached hydrogen (secondary N) is 1. The average Bonchev–Trinajstić information content (AvgIpc) is 3.85. The number of rotatable bonds is 22. The van der Waals surface area contributed by atoms with E-state index in [4.69, 9.17) is 28.1 Å². The monoisotopic (exact) mass is 998 g/mol. The van der Waals surface area contributed by atoms with Gasteiger partial charge in [0.15, 0.2) is 12.6 Å². The van der Waals surface area contributed by atoms with Gasteiger partial charge in [-0.15, -0.1) is 0 Å². The summed E-state index contributed by atoms with van der Waals surface area (Å²) in [5.41, 5.74) is 0.406. The van der Waals surface area contributed by atoms with Crippen LogP contribution in [-0.2, 0) is 25.1 Å². The SMILES string of the molecule is COCOc1cc(C)c(CCCCCOCCN(C(=O)OC(C)(C)C)[C@@H](C)CO[Si](c2ccccc2)(c2ccccc2)C(C)(C)C)c(-c2ncc3c(=O)[nH]c(OC[C@@]45CCCN4C[C@H](F)C5)nc3c2F)c1. The van der Waals surface area contributed by atoms with Crippen LogP contribution in [0, 0.1) is 12.7 Å². The zero-order valence-electron chi connectivity index (χ0n) is 43.1. The lowest BCUT2D eigenvalue weighted by Gasteiger charge is -2.44. The Hall–Kier alpha value is -5.26. The minimum atomic E-state index is -2.86. The summed E-state index contributed by atoms with van der Waals surface area (Å²) < 4.78 is 67.5. The highest BCUT2D eigenvalue weighted by molar-refractivity contribution is 6.99. The van der Waals surface area contributed by atoms with Crippen molar-refractivity contribution in [1.82, 2.24) is 24.8 Å². The van der Waals surface area contributed by atoms with E-state index in [1.54, 1.807) is 11.0 Å². The summed E-state index contributed by atoms with van der Waals surface area (Å²) in [5.74, 6) is -0.279. The Morgan fingerprint density at radius 3 is 2.35 bits per heavy atom. The van der Waals surface area contributed by atoms with Crippen molar-refractivity contribution in [2.24, 2.45) is 0 Å². The number of alkyl halides is 1. The van der Waals surface area contributed by atoms with Crippen LogP contribution in [0.1, 0.15) is 98.1 Å². The number of unbranched alkanes of at least 4 members (excludes halogenated alkanes) is 2. The molecule has 3 atom stereocenters. The molecule has 1 N–H and O–H groups in total. The number of methoxy groups -OCH3 is 1. The molecule has 2 saturated heterocycles. The van der Waals surface area contributed by atoms with Crippen molar-refractivity contribution in [3.63, 3.8) is 0 Å². The zero-order valence-corrected chi connectivity index (χ0v) is 44.1. The van der Waals surface area contributed by atoms with E-state index in [0.29, 0.717) is 57.1 Å². The molecule has 2 aliphatic rings. The lowest BCUT2D eigenvalue weighted by atomic mass is 9.93. The average molecular weight is 998 g/mol. The van der Waals surface area contributed by atoms with Crippen LogP contribution in [-0.4, -0.2) is 122 Å². The van der Waals surface area contributed by atoms with Crippen LogP contribution < -0.4 is 25.4 Å². The molecule has 0 aliphatic carbocycles. The third-order valence-electron chi connectivity index (χ3n) is 13.8. The molecular weight excluding hydrogens is 925 g/mol. The Morgan fingerprint density at radius 1 is 0.986 bits per heavy atom. The minimum Gasteiger partial charge on any atom is -0.468 e. The molecule has 0 unspecified atom stereocenters. The van der Waals surface area contributed by atoms with Gasteiger partial charge < -0.3 is 33.0 Å². The summed E-state index contributed by atoms with van der Waals surface area (Å²) in [7, 11) is -1.34. The second-order valence-corrected chi connectivity index (χ2v) is 25.5. The number of aryl methyl sites for hydroxylation is 1. The highest BCUT2D eigenvalue weighted by atomic mass is 28.4. The fourth-order valence-corrected chi connectivity index (χ4v) is 15.0. The van der Waals surface area contributed by atoms with Crippen LogP contribution in [0.4, 0.5) is 13.6 Å². The molecule has 384 valence electrons. The first-order valence-electron chi connectivity index (χ1n) is 25.0. The summed E-state index contributed by atoms with van der Waals surface area (Å²) in [6.45, 7) is 18.9. The summed E-state index contributed by atoms with van der Waals surface area (Å²) in [5, 5.41) is 2.10. The summed E-state index contributed by atoms with van der Waals surface area (Å²) in [6, 6.07) is 24.1. The molecule has 0 radical (unpaired) electrons. The van der Waals surface area contributed by atoms with Gasteiger partial charge in [0.2, 0.25) is 0 Å². The number of hydrogen-bond acceptors (Lipinski definition) is 11. The normalized spacial score (nSPS) is 17.9. The number of carbonyl (C=O) groups excluding carboxylic acids is 1. The van der Waals surface area contributed by atoms with E-state index < -0.39 is 43.1 Å². The van der Waals surface area contributed by atoms with Crippen molar-refractivity contribution < 1.29 is 41.7 Å². The Bertz CT molecular complexity index is 2590. The molecule has 7 rings (SSSR count). The number of H-pyrrole nitrogens is 1. The number of ether oxygens (including phenoxy) is 5. The van der Waals surface area contributed by atoms with Gasteiger partial charge in [0, 0.05) is 45.0 Å². The summed E-state index contributed by atoms with van der Waals surface area (Å²) in [4.78, 5) is 42.4.